The van der Waals surface area contributed by atoms with Gasteiger partial charge in [-0.25, -0.2) is 0 Å². The number of halogens is 3. The van der Waals surface area contributed by atoms with E-state index in [4.69, 9.17) is 39.5 Å². The molecule has 0 aliphatic heterocycles. The van der Waals surface area contributed by atoms with E-state index in [-0.39, 0.29) is 6.04 Å². The number of hydrogen-bond acceptors (Lipinski definition) is 2. The van der Waals surface area contributed by atoms with E-state index in [1.165, 1.54) is 0 Å². The van der Waals surface area contributed by atoms with E-state index in [1.54, 1.807) is 13.2 Å². The second-order valence-corrected chi connectivity index (χ2v) is 5.52. The first-order valence-corrected chi connectivity index (χ1v) is 7.20. The molecule has 0 bridgehead atoms. The Balaban J connectivity index is 2.19. The van der Waals surface area contributed by atoms with Crippen LogP contribution >= 0.6 is 34.8 Å². The highest BCUT2D eigenvalue weighted by atomic mass is 35.5. The van der Waals surface area contributed by atoms with E-state index >= 15 is 0 Å². The van der Waals surface area contributed by atoms with Gasteiger partial charge in [0.2, 0.25) is 0 Å². The summed E-state index contributed by atoms with van der Waals surface area (Å²) in [5.41, 5.74) is 1.87. The second kappa shape index (κ2) is 6.57. The highest BCUT2D eigenvalue weighted by Gasteiger charge is 2.14. The van der Waals surface area contributed by atoms with Crippen molar-refractivity contribution in [2.45, 2.75) is 13.0 Å². The van der Waals surface area contributed by atoms with Gasteiger partial charge in [0, 0.05) is 5.69 Å². The second-order valence-electron chi connectivity index (χ2n) is 4.36. The maximum Gasteiger partial charge on any atom is 0.119 e. The van der Waals surface area contributed by atoms with Crippen molar-refractivity contribution in [3.63, 3.8) is 0 Å². The Morgan fingerprint density at radius 1 is 0.950 bits per heavy atom. The molecule has 0 aromatic heterocycles. The van der Waals surface area contributed by atoms with E-state index in [2.05, 4.69) is 5.32 Å². The lowest BCUT2D eigenvalue weighted by Gasteiger charge is -2.18. The lowest BCUT2D eigenvalue weighted by molar-refractivity contribution is 0.415. The number of hydrogen-bond donors (Lipinski definition) is 1. The van der Waals surface area contributed by atoms with E-state index in [0.717, 1.165) is 17.0 Å². The number of nitrogens with one attached hydrogen (secondary N) is 1. The van der Waals surface area contributed by atoms with Crippen molar-refractivity contribution in [1.82, 2.24) is 0 Å². The van der Waals surface area contributed by atoms with Crippen LogP contribution in [-0.2, 0) is 0 Å². The maximum atomic E-state index is 6.23. The SMILES string of the molecule is COc1ccc(NC(C)c2ccc(Cl)c(Cl)c2Cl)cc1. The summed E-state index contributed by atoms with van der Waals surface area (Å²) in [7, 11) is 1.64. The van der Waals surface area contributed by atoms with Gasteiger partial charge in [-0.05, 0) is 42.8 Å². The molecule has 0 radical (unpaired) electrons. The fraction of sp³-hybridized carbons (Fsp3) is 0.200. The highest BCUT2D eigenvalue weighted by Crippen LogP contribution is 2.36. The molecule has 0 heterocycles. The third-order valence-electron chi connectivity index (χ3n) is 3.00. The normalized spacial score (nSPS) is 12.1. The van der Waals surface area contributed by atoms with Crippen LogP contribution in [0.1, 0.15) is 18.5 Å². The predicted molar refractivity (Wildman–Crippen MR) is 86.5 cm³/mol. The van der Waals surface area contributed by atoms with Crippen molar-refractivity contribution >= 4 is 40.5 Å². The minimum atomic E-state index is 0.00524. The van der Waals surface area contributed by atoms with Gasteiger partial charge < -0.3 is 10.1 Å². The van der Waals surface area contributed by atoms with Crippen molar-refractivity contribution in [3.8, 4) is 5.75 Å². The first kappa shape index (κ1) is 15.3. The smallest absolute Gasteiger partial charge is 0.119 e. The summed E-state index contributed by atoms with van der Waals surface area (Å²) in [5, 5.41) is 4.67. The molecule has 2 rings (SSSR count). The summed E-state index contributed by atoms with van der Waals surface area (Å²) in [5.74, 6) is 0.816. The Morgan fingerprint density at radius 2 is 1.60 bits per heavy atom. The van der Waals surface area contributed by atoms with Crippen molar-refractivity contribution in [2.75, 3.05) is 12.4 Å². The van der Waals surface area contributed by atoms with Crippen molar-refractivity contribution in [3.05, 3.63) is 57.0 Å². The molecule has 0 aliphatic rings. The minimum absolute atomic E-state index is 0.00524. The van der Waals surface area contributed by atoms with Crippen molar-refractivity contribution in [1.29, 1.82) is 0 Å². The fourth-order valence-corrected chi connectivity index (χ4v) is 2.60. The Morgan fingerprint density at radius 3 is 2.20 bits per heavy atom. The summed E-state index contributed by atoms with van der Waals surface area (Å²) < 4.78 is 5.13. The lowest BCUT2D eigenvalue weighted by atomic mass is 10.1. The van der Waals surface area contributed by atoms with Gasteiger partial charge in [0.15, 0.2) is 0 Å². The van der Waals surface area contributed by atoms with Crippen LogP contribution in [0.25, 0.3) is 0 Å². The number of anilines is 1. The van der Waals surface area contributed by atoms with Crippen LogP contribution in [0.5, 0.6) is 5.75 Å². The van der Waals surface area contributed by atoms with Crippen LogP contribution in [0.4, 0.5) is 5.69 Å². The molecule has 2 nitrogen and oxygen atoms in total. The molecule has 1 atom stereocenters. The molecular weight excluding hydrogens is 317 g/mol. The van der Waals surface area contributed by atoms with E-state index < -0.39 is 0 Å². The number of rotatable bonds is 4. The molecule has 20 heavy (non-hydrogen) atoms. The first-order valence-electron chi connectivity index (χ1n) is 6.07. The van der Waals surface area contributed by atoms with Crippen LogP contribution in [-0.4, -0.2) is 7.11 Å². The molecule has 0 saturated heterocycles. The molecule has 1 unspecified atom stereocenters. The monoisotopic (exact) mass is 329 g/mol. The molecule has 0 spiro atoms. The Kier molecular flexibility index (Phi) is 5.03. The van der Waals surface area contributed by atoms with E-state index in [9.17, 15) is 0 Å². The van der Waals surface area contributed by atoms with Crippen molar-refractivity contribution < 1.29 is 4.74 Å². The van der Waals surface area contributed by atoms with E-state index in [1.807, 2.05) is 37.3 Å². The summed E-state index contributed by atoms with van der Waals surface area (Å²) in [6.07, 6.45) is 0. The lowest BCUT2D eigenvalue weighted by Crippen LogP contribution is -2.07. The summed E-state index contributed by atoms with van der Waals surface area (Å²) in [6, 6.07) is 11.3. The third-order valence-corrected chi connectivity index (χ3v) is 4.31. The van der Waals surface area contributed by atoms with E-state index in [0.29, 0.717) is 15.1 Å². The highest BCUT2D eigenvalue weighted by molar-refractivity contribution is 6.48. The average Bonchev–Trinajstić information content (AvgIpc) is 2.45. The van der Waals surface area contributed by atoms with Gasteiger partial charge in [-0.15, -0.1) is 0 Å². The summed E-state index contributed by atoms with van der Waals surface area (Å²) in [4.78, 5) is 0. The van der Waals surface area contributed by atoms with Crippen LogP contribution < -0.4 is 10.1 Å². The topological polar surface area (TPSA) is 21.3 Å². The zero-order valence-corrected chi connectivity index (χ0v) is 13.4. The summed E-state index contributed by atoms with van der Waals surface area (Å²) >= 11 is 18.2. The molecule has 106 valence electrons. The molecule has 0 amide bonds. The third kappa shape index (κ3) is 3.32. The first-order chi connectivity index (χ1) is 9.52. The zero-order valence-electron chi connectivity index (χ0n) is 11.1. The van der Waals surface area contributed by atoms with Gasteiger partial charge in [-0.2, -0.15) is 0 Å². The Hall–Kier alpha value is -1.09. The largest absolute Gasteiger partial charge is 0.497 e. The predicted octanol–water partition coefficient (Wildman–Crippen LogP) is 5.83. The number of methoxy groups -OCH3 is 1. The molecule has 0 saturated carbocycles. The van der Waals surface area contributed by atoms with Crippen LogP contribution in [0.2, 0.25) is 15.1 Å². The van der Waals surface area contributed by atoms with Crippen LogP contribution in [0, 0.1) is 0 Å². The standard InChI is InChI=1S/C15H14Cl3NO/c1-9(12-7-8-13(16)15(18)14(12)17)19-10-3-5-11(20-2)6-4-10/h3-9,19H,1-2H3. The quantitative estimate of drug-likeness (QED) is 0.712. The Labute approximate surface area is 133 Å². The van der Waals surface area contributed by atoms with Gasteiger partial charge in [0.05, 0.1) is 28.2 Å². The van der Waals surface area contributed by atoms with Crippen molar-refractivity contribution in [2.24, 2.45) is 0 Å². The zero-order chi connectivity index (χ0) is 14.7. The van der Waals surface area contributed by atoms with Gasteiger partial charge in [-0.3, -0.25) is 0 Å². The molecule has 2 aromatic rings. The molecular formula is C15H14Cl3NO. The van der Waals surface area contributed by atoms with Gasteiger partial charge in [0.25, 0.3) is 0 Å². The molecule has 0 aliphatic carbocycles. The summed E-state index contributed by atoms with van der Waals surface area (Å²) in [6.45, 7) is 2.01. The number of ether oxygens (including phenoxy) is 1. The number of benzene rings is 2. The average molecular weight is 331 g/mol. The van der Waals surface area contributed by atoms with Crippen LogP contribution in [0.3, 0.4) is 0 Å². The van der Waals surface area contributed by atoms with Gasteiger partial charge >= 0.3 is 0 Å². The minimum Gasteiger partial charge on any atom is -0.497 e. The molecule has 1 N–H and O–H groups in total. The fourth-order valence-electron chi connectivity index (χ4n) is 1.89. The molecule has 5 heteroatoms. The molecule has 0 fully saturated rings. The van der Waals surface area contributed by atoms with Gasteiger partial charge in [-0.1, -0.05) is 40.9 Å². The van der Waals surface area contributed by atoms with Gasteiger partial charge in [0.1, 0.15) is 5.75 Å². The Bertz CT molecular complexity index is 599. The van der Waals surface area contributed by atoms with Crippen LogP contribution in [0.15, 0.2) is 36.4 Å². The maximum absolute atomic E-state index is 6.23. The molecule has 2 aromatic carbocycles.